The van der Waals surface area contributed by atoms with Gasteiger partial charge in [-0.3, -0.25) is 9.59 Å². The van der Waals surface area contributed by atoms with Crippen LogP contribution < -0.4 is 15.4 Å². The summed E-state index contributed by atoms with van der Waals surface area (Å²) in [6.45, 7) is 4.54. The fourth-order valence-electron chi connectivity index (χ4n) is 4.18. The number of halogens is 1. The number of allylic oxidation sites excluding steroid dienone is 1. The standard InChI is InChI=1S/C28H35ClN2O4/c1-4-30-28(33)23(18-20-15-16-24(34-3)22(29)17-20)31-25(32)14-10-5-7-11-19(2)26-27(35-26)21-12-8-6-9-13-21/h6,8-10,12-17,19,23,26-27H,4-5,7,11,18H2,1-3H3,(H,30,33)(H,31,32)/b14-10+/t19?,23-,26?,27?/m1/s1. The van der Waals surface area contributed by atoms with Crippen LogP contribution in [0.4, 0.5) is 0 Å². The van der Waals surface area contributed by atoms with Crippen molar-refractivity contribution in [1.29, 1.82) is 0 Å². The molecular formula is C28H35ClN2O4. The van der Waals surface area contributed by atoms with Crippen LogP contribution in [-0.2, 0) is 20.7 Å². The van der Waals surface area contributed by atoms with Crippen LogP contribution in [0.25, 0.3) is 0 Å². The van der Waals surface area contributed by atoms with Gasteiger partial charge in [-0.1, -0.05) is 61.0 Å². The van der Waals surface area contributed by atoms with Gasteiger partial charge in [-0.05, 0) is 61.4 Å². The average Bonchev–Trinajstić information content (AvgIpc) is 3.65. The Kier molecular flexibility index (Phi) is 10.2. The third kappa shape index (κ3) is 8.11. The first-order valence-corrected chi connectivity index (χ1v) is 12.6. The Morgan fingerprint density at radius 1 is 1.20 bits per heavy atom. The van der Waals surface area contributed by atoms with E-state index in [-0.39, 0.29) is 24.0 Å². The molecule has 2 aromatic rings. The molecule has 2 aromatic carbocycles. The number of nitrogens with one attached hydrogen (secondary N) is 2. The maximum Gasteiger partial charge on any atom is 0.244 e. The van der Waals surface area contributed by atoms with Crippen molar-refractivity contribution in [3.8, 4) is 5.75 Å². The van der Waals surface area contributed by atoms with E-state index < -0.39 is 6.04 Å². The molecule has 35 heavy (non-hydrogen) atoms. The number of likely N-dealkylation sites (N-methyl/N-ethyl adjacent to an activating group) is 1. The van der Waals surface area contributed by atoms with E-state index in [1.807, 2.05) is 37.3 Å². The zero-order valence-corrected chi connectivity index (χ0v) is 21.4. The second kappa shape index (κ2) is 13.3. The van der Waals surface area contributed by atoms with E-state index in [0.717, 1.165) is 24.8 Å². The molecule has 0 radical (unpaired) electrons. The summed E-state index contributed by atoms with van der Waals surface area (Å²) in [4.78, 5) is 25.0. The molecule has 3 unspecified atom stereocenters. The maximum atomic E-state index is 12.5. The van der Waals surface area contributed by atoms with Crippen molar-refractivity contribution in [3.63, 3.8) is 0 Å². The number of hydrogen-bond acceptors (Lipinski definition) is 4. The zero-order chi connectivity index (χ0) is 25.2. The first kappa shape index (κ1) is 26.8. The molecule has 6 nitrogen and oxygen atoms in total. The summed E-state index contributed by atoms with van der Waals surface area (Å²) in [6.07, 6.45) is 6.97. The molecule has 2 N–H and O–H groups in total. The minimum absolute atomic E-state index is 0.208. The third-order valence-electron chi connectivity index (χ3n) is 6.15. The topological polar surface area (TPSA) is 80.0 Å². The van der Waals surface area contributed by atoms with Gasteiger partial charge in [-0.2, -0.15) is 0 Å². The molecule has 1 heterocycles. The van der Waals surface area contributed by atoms with Gasteiger partial charge in [0.2, 0.25) is 11.8 Å². The fraction of sp³-hybridized carbons (Fsp3) is 0.429. The van der Waals surface area contributed by atoms with Crippen LogP contribution in [0.2, 0.25) is 5.02 Å². The Hall–Kier alpha value is -2.83. The van der Waals surface area contributed by atoms with Crippen LogP contribution in [0.5, 0.6) is 5.75 Å². The Labute approximate surface area is 213 Å². The van der Waals surface area contributed by atoms with Gasteiger partial charge in [0.1, 0.15) is 17.9 Å². The summed E-state index contributed by atoms with van der Waals surface area (Å²) >= 11 is 6.21. The molecule has 1 aliphatic heterocycles. The van der Waals surface area contributed by atoms with Gasteiger partial charge in [-0.25, -0.2) is 0 Å². The van der Waals surface area contributed by atoms with E-state index in [9.17, 15) is 9.59 Å². The number of hydrogen-bond donors (Lipinski definition) is 2. The van der Waals surface area contributed by atoms with Crippen LogP contribution in [0.15, 0.2) is 60.7 Å². The predicted octanol–water partition coefficient (Wildman–Crippen LogP) is 5.01. The Bertz CT molecular complexity index is 1010. The summed E-state index contributed by atoms with van der Waals surface area (Å²) in [5.41, 5.74) is 2.07. The lowest BCUT2D eigenvalue weighted by Gasteiger charge is -2.18. The Morgan fingerprint density at radius 2 is 1.97 bits per heavy atom. The normalized spacial score (nSPS) is 18.6. The van der Waals surface area contributed by atoms with Crippen LogP contribution in [-0.4, -0.2) is 37.6 Å². The summed E-state index contributed by atoms with van der Waals surface area (Å²) in [5, 5.41) is 6.06. The van der Waals surface area contributed by atoms with Crippen LogP contribution in [0.3, 0.4) is 0 Å². The Morgan fingerprint density at radius 3 is 2.66 bits per heavy atom. The number of epoxide rings is 1. The first-order valence-electron chi connectivity index (χ1n) is 12.2. The second-order valence-corrected chi connectivity index (χ2v) is 9.28. The van der Waals surface area contributed by atoms with Gasteiger partial charge in [-0.15, -0.1) is 0 Å². The lowest BCUT2D eigenvalue weighted by atomic mass is 9.96. The lowest BCUT2D eigenvalue weighted by Crippen LogP contribution is -2.47. The number of benzene rings is 2. The van der Waals surface area contributed by atoms with E-state index in [4.69, 9.17) is 21.1 Å². The molecule has 1 aliphatic rings. The van der Waals surface area contributed by atoms with E-state index in [2.05, 4.69) is 29.7 Å². The number of unbranched alkanes of at least 4 members (excludes halogenated alkanes) is 1. The molecule has 1 fully saturated rings. The van der Waals surface area contributed by atoms with Crippen molar-refractivity contribution >= 4 is 23.4 Å². The summed E-state index contributed by atoms with van der Waals surface area (Å²) in [7, 11) is 1.55. The number of rotatable bonds is 13. The third-order valence-corrected chi connectivity index (χ3v) is 6.45. The maximum absolute atomic E-state index is 12.5. The number of methoxy groups -OCH3 is 1. The van der Waals surface area contributed by atoms with Crippen molar-refractivity contribution in [3.05, 3.63) is 76.8 Å². The number of carbonyl (C=O) groups excluding carboxylic acids is 2. The first-order chi connectivity index (χ1) is 16.9. The van der Waals surface area contributed by atoms with Crippen molar-refractivity contribution in [2.45, 2.75) is 57.8 Å². The molecule has 0 aromatic heterocycles. The SMILES string of the molecule is CCNC(=O)[C@@H](Cc1ccc(OC)c(Cl)c1)NC(=O)/C=C/CCCC(C)C1OC1c1ccccc1. The summed E-state index contributed by atoms with van der Waals surface area (Å²) < 4.78 is 11.1. The monoisotopic (exact) mass is 498 g/mol. The second-order valence-electron chi connectivity index (χ2n) is 8.87. The van der Waals surface area contributed by atoms with Crippen LogP contribution >= 0.6 is 11.6 Å². The van der Waals surface area contributed by atoms with Gasteiger partial charge < -0.3 is 20.1 Å². The molecule has 3 rings (SSSR count). The number of ether oxygens (including phenoxy) is 2. The highest BCUT2D eigenvalue weighted by Crippen LogP contribution is 2.44. The zero-order valence-electron chi connectivity index (χ0n) is 20.6. The highest BCUT2D eigenvalue weighted by molar-refractivity contribution is 6.32. The van der Waals surface area contributed by atoms with Gasteiger partial charge in [0.15, 0.2) is 0 Å². The molecule has 188 valence electrons. The fourth-order valence-corrected chi connectivity index (χ4v) is 4.46. The van der Waals surface area contributed by atoms with Crippen molar-refractivity contribution < 1.29 is 19.1 Å². The molecular weight excluding hydrogens is 464 g/mol. The quantitative estimate of drug-likeness (QED) is 0.231. The molecule has 0 saturated carbocycles. The minimum Gasteiger partial charge on any atom is -0.495 e. The molecule has 7 heteroatoms. The van der Waals surface area contributed by atoms with Crippen molar-refractivity contribution in [1.82, 2.24) is 10.6 Å². The summed E-state index contributed by atoms with van der Waals surface area (Å²) in [6, 6.07) is 15.0. The van der Waals surface area contributed by atoms with Gasteiger partial charge >= 0.3 is 0 Å². The number of amides is 2. The minimum atomic E-state index is -0.696. The highest BCUT2D eigenvalue weighted by Gasteiger charge is 2.43. The molecule has 0 spiro atoms. The van der Waals surface area contributed by atoms with Crippen LogP contribution in [0, 0.1) is 5.92 Å². The van der Waals surface area contributed by atoms with Gasteiger partial charge in [0.05, 0.1) is 18.2 Å². The van der Waals surface area contributed by atoms with E-state index >= 15 is 0 Å². The van der Waals surface area contributed by atoms with Gasteiger partial charge in [0.25, 0.3) is 0 Å². The van der Waals surface area contributed by atoms with E-state index in [1.165, 1.54) is 11.6 Å². The van der Waals surface area contributed by atoms with E-state index in [0.29, 0.717) is 29.7 Å². The predicted molar refractivity (Wildman–Crippen MR) is 139 cm³/mol. The molecule has 2 amide bonds. The van der Waals surface area contributed by atoms with Gasteiger partial charge in [0, 0.05) is 13.0 Å². The lowest BCUT2D eigenvalue weighted by molar-refractivity contribution is -0.127. The largest absolute Gasteiger partial charge is 0.495 e. The smallest absolute Gasteiger partial charge is 0.244 e. The average molecular weight is 499 g/mol. The van der Waals surface area contributed by atoms with E-state index in [1.54, 1.807) is 19.2 Å². The molecule has 0 aliphatic carbocycles. The molecule has 4 atom stereocenters. The van der Waals surface area contributed by atoms with Crippen LogP contribution in [0.1, 0.15) is 50.3 Å². The Balaban J connectivity index is 1.44. The summed E-state index contributed by atoms with van der Waals surface area (Å²) in [5.74, 6) is 0.506. The molecule has 0 bridgehead atoms. The van der Waals surface area contributed by atoms with Crippen molar-refractivity contribution in [2.24, 2.45) is 5.92 Å². The molecule has 1 saturated heterocycles. The van der Waals surface area contributed by atoms with Crippen molar-refractivity contribution in [2.75, 3.05) is 13.7 Å². The number of carbonyl (C=O) groups is 2. The highest BCUT2D eigenvalue weighted by atomic mass is 35.5.